The molecule has 160 valence electrons. The quantitative estimate of drug-likeness (QED) is 0.315. The molecule has 6 heteroatoms. The number of methoxy groups -OCH3 is 1. The minimum absolute atomic E-state index is 0.139. The number of rotatable bonds is 5. The van der Waals surface area contributed by atoms with Crippen molar-refractivity contribution >= 4 is 38.7 Å². The number of ether oxygens (including phenoxy) is 3. The number of allylic oxidation sites excluding steroid dienone is 1. The highest BCUT2D eigenvalue weighted by atomic mass is 79.9. The molecule has 0 saturated carbocycles. The smallest absolute Gasteiger partial charge is 0.231 e. The van der Waals surface area contributed by atoms with Crippen LogP contribution in [0.2, 0.25) is 0 Å². The maximum absolute atomic E-state index is 12.9. The number of fused-ring (bicyclic) bond motifs is 2. The first kappa shape index (κ1) is 20.4. The number of carbonyl (C=O) groups excluding carboxylic acids is 1. The summed E-state index contributed by atoms with van der Waals surface area (Å²) in [5, 5.41) is 0.991. The van der Waals surface area contributed by atoms with Gasteiger partial charge in [0.05, 0.1) is 12.7 Å². The molecule has 0 spiro atoms. The van der Waals surface area contributed by atoms with Crippen LogP contribution in [0.15, 0.2) is 77.1 Å². The highest BCUT2D eigenvalue weighted by Gasteiger charge is 2.28. The van der Waals surface area contributed by atoms with E-state index >= 15 is 0 Å². The summed E-state index contributed by atoms with van der Waals surface area (Å²) in [4.78, 5) is 12.9. The molecule has 0 saturated heterocycles. The summed E-state index contributed by atoms with van der Waals surface area (Å²) >= 11 is 3.43. The van der Waals surface area contributed by atoms with E-state index in [2.05, 4.69) is 15.9 Å². The van der Waals surface area contributed by atoms with Crippen molar-refractivity contribution in [1.82, 2.24) is 4.57 Å². The Kier molecular flexibility index (Phi) is 5.23. The van der Waals surface area contributed by atoms with Gasteiger partial charge in [0.15, 0.2) is 5.76 Å². The fraction of sp³-hybridized carbons (Fsp3) is 0.115. The van der Waals surface area contributed by atoms with E-state index in [1.807, 2.05) is 60.3 Å². The lowest BCUT2D eigenvalue weighted by Gasteiger charge is -2.07. The molecule has 3 aromatic carbocycles. The first-order valence-corrected chi connectivity index (χ1v) is 10.9. The normalized spacial score (nSPS) is 14.0. The lowest BCUT2D eigenvalue weighted by Crippen LogP contribution is -1.98. The Hall–Kier alpha value is -3.51. The van der Waals surface area contributed by atoms with E-state index < -0.39 is 0 Å². The standard InChI is InChI=1S/C26H20BrNO4/c1-28-14-17(22-12-19(30-2)8-10-23(22)28)11-25-26(29)21-9-7-20(13-24(21)32-25)31-15-16-3-5-18(27)6-4-16/h3-14H,15H2,1-2H3. The average molecular weight is 490 g/mol. The maximum Gasteiger partial charge on any atom is 0.231 e. The van der Waals surface area contributed by atoms with Crippen LogP contribution in [0.4, 0.5) is 0 Å². The first-order valence-electron chi connectivity index (χ1n) is 10.1. The van der Waals surface area contributed by atoms with Gasteiger partial charge in [0, 0.05) is 40.2 Å². The van der Waals surface area contributed by atoms with Crippen molar-refractivity contribution in [1.29, 1.82) is 0 Å². The van der Waals surface area contributed by atoms with E-state index in [0.717, 1.165) is 32.3 Å². The lowest BCUT2D eigenvalue weighted by atomic mass is 10.1. The van der Waals surface area contributed by atoms with Crippen LogP contribution in [0.25, 0.3) is 17.0 Å². The largest absolute Gasteiger partial charge is 0.497 e. The number of ketones is 1. The molecule has 0 unspecified atom stereocenters. The molecule has 4 aromatic rings. The van der Waals surface area contributed by atoms with Gasteiger partial charge in [-0.1, -0.05) is 28.1 Å². The molecule has 5 nitrogen and oxygen atoms in total. The second-order valence-corrected chi connectivity index (χ2v) is 8.51. The number of hydrogen-bond acceptors (Lipinski definition) is 4. The third kappa shape index (κ3) is 3.78. The predicted octanol–water partition coefficient (Wildman–Crippen LogP) is 6.14. The Morgan fingerprint density at radius 3 is 2.59 bits per heavy atom. The molecule has 0 fully saturated rings. The van der Waals surface area contributed by atoms with Gasteiger partial charge in [0.25, 0.3) is 0 Å². The third-order valence-electron chi connectivity index (χ3n) is 5.47. The minimum atomic E-state index is -0.139. The van der Waals surface area contributed by atoms with Crippen LogP contribution in [0, 0.1) is 0 Å². The van der Waals surface area contributed by atoms with Gasteiger partial charge in [-0.05, 0) is 54.1 Å². The van der Waals surface area contributed by atoms with Crippen LogP contribution < -0.4 is 14.2 Å². The van der Waals surface area contributed by atoms with E-state index in [0.29, 0.717) is 29.4 Å². The Morgan fingerprint density at radius 1 is 1.03 bits per heavy atom. The Labute approximate surface area is 194 Å². The van der Waals surface area contributed by atoms with Crippen LogP contribution in [0.5, 0.6) is 17.2 Å². The summed E-state index contributed by atoms with van der Waals surface area (Å²) in [7, 11) is 3.61. The number of aryl methyl sites for hydroxylation is 1. The van der Waals surface area contributed by atoms with Crippen LogP contribution >= 0.6 is 15.9 Å². The molecule has 32 heavy (non-hydrogen) atoms. The lowest BCUT2D eigenvalue weighted by molar-refractivity contribution is 0.101. The van der Waals surface area contributed by atoms with Gasteiger partial charge in [-0.15, -0.1) is 0 Å². The molecule has 0 radical (unpaired) electrons. The topological polar surface area (TPSA) is 49.7 Å². The third-order valence-corrected chi connectivity index (χ3v) is 6.00. The summed E-state index contributed by atoms with van der Waals surface area (Å²) in [6, 6.07) is 19.1. The number of benzene rings is 3. The summed E-state index contributed by atoms with van der Waals surface area (Å²) in [5.41, 5.74) is 3.52. The van der Waals surface area contributed by atoms with Gasteiger partial charge in [-0.3, -0.25) is 4.79 Å². The molecule has 0 N–H and O–H groups in total. The molecule has 2 heterocycles. The molecule has 1 aliphatic rings. The van der Waals surface area contributed by atoms with Crippen LogP contribution in [-0.4, -0.2) is 17.5 Å². The van der Waals surface area contributed by atoms with Gasteiger partial charge in [0.2, 0.25) is 5.78 Å². The summed E-state index contributed by atoms with van der Waals surface area (Å²) in [5.74, 6) is 2.07. The Morgan fingerprint density at radius 2 is 1.81 bits per heavy atom. The first-order chi connectivity index (χ1) is 15.5. The fourth-order valence-electron chi connectivity index (χ4n) is 3.79. The van der Waals surface area contributed by atoms with E-state index in [4.69, 9.17) is 14.2 Å². The molecule has 0 bridgehead atoms. The van der Waals surface area contributed by atoms with Crippen molar-refractivity contribution in [3.63, 3.8) is 0 Å². The predicted molar refractivity (Wildman–Crippen MR) is 127 cm³/mol. The zero-order valence-corrected chi connectivity index (χ0v) is 19.2. The van der Waals surface area contributed by atoms with Gasteiger partial charge in [-0.2, -0.15) is 0 Å². The Balaban J connectivity index is 1.40. The van der Waals surface area contributed by atoms with Crippen molar-refractivity contribution in [2.75, 3.05) is 7.11 Å². The highest BCUT2D eigenvalue weighted by molar-refractivity contribution is 9.10. The van der Waals surface area contributed by atoms with Crippen molar-refractivity contribution < 1.29 is 19.0 Å². The second kappa shape index (κ2) is 8.20. The van der Waals surface area contributed by atoms with Gasteiger partial charge >= 0.3 is 0 Å². The monoisotopic (exact) mass is 489 g/mol. The Bertz CT molecular complexity index is 1370. The summed E-state index contributed by atoms with van der Waals surface area (Å²) < 4.78 is 20.2. The highest BCUT2D eigenvalue weighted by Crippen LogP contribution is 2.36. The van der Waals surface area contributed by atoms with E-state index in [1.54, 1.807) is 31.4 Å². The van der Waals surface area contributed by atoms with Gasteiger partial charge in [0.1, 0.15) is 23.9 Å². The fourth-order valence-corrected chi connectivity index (χ4v) is 4.05. The van der Waals surface area contributed by atoms with E-state index in [-0.39, 0.29) is 5.78 Å². The molecule has 1 aliphatic heterocycles. The number of Topliss-reactive ketones (excluding diaryl/α,β-unsaturated/α-hetero) is 1. The number of nitrogens with zero attached hydrogens (tertiary/aromatic N) is 1. The summed E-state index contributed by atoms with van der Waals surface area (Å²) in [6.07, 6.45) is 3.76. The number of carbonyl (C=O) groups is 1. The SMILES string of the molecule is COc1ccc2c(c1)c(C=C1Oc3cc(OCc4ccc(Br)cc4)ccc3C1=O)cn2C. The zero-order chi connectivity index (χ0) is 22.2. The van der Waals surface area contributed by atoms with Crippen molar-refractivity contribution in [2.45, 2.75) is 6.61 Å². The molecular formula is C26H20BrNO4. The number of halogens is 1. The van der Waals surface area contributed by atoms with Gasteiger partial charge in [-0.25, -0.2) is 0 Å². The molecule has 0 atom stereocenters. The van der Waals surface area contributed by atoms with E-state index in [1.165, 1.54) is 0 Å². The van der Waals surface area contributed by atoms with Crippen LogP contribution in [-0.2, 0) is 13.7 Å². The van der Waals surface area contributed by atoms with Crippen molar-refractivity contribution in [2.24, 2.45) is 7.05 Å². The summed E-state index contributed by atoms with van der Waals surface area (Å²) in [6.45, 7) is 0.431. The molecule has 0 amide bonds. The zero-order valence-electron chi connectivity index (χ0n) is 17.6. The second-order valence-electron chi connectivity index (χ2n) is 7.59. The maximum atomic E-state index is 12.9. The molecule has 1 aromatic heterocycles. The van der Waals surface area contributed by atoms with E-state index in [9.17, 15) is 4.79 Å². The average Bonchev–Trinajstić information content (AvgIpc) is 3.29. The van der Waals surface area contributed by atoms with Crippen LogP contribution in [0.3, 0.4) is 0 Å². The van der Waals surface area contributed by atoms with Crippen molar-refractivity contribution in [3.8, 4) is 17.2 Å². The number of hydrogen-bond donors (Lipinski definition) is 0. The number of aromatic nitrogens is 1. The molecule has 0 aliphatic carbocycles. The van der Waals surface area contributed by atoms with Crippen molar-refractivity contribution in [3.05, 3.63) is 93.8 Å². The van der Waals surface area contributed by atoms with Crippen LogP contribution in [0.1, 0.15) is 21.5 Å². The van der Waals surface area contributed by atoms with Gasteiger partial charge < -0.3 is 18.8 Å². The minimum Gasteiger partial charge on any atom is -0.497 e. The molecule has 5 rings (SSSR count). The molecular weight excluding hydrogens is 470 g/mol.